The van der Waals surface area contributed by atoms with E-state index in [1.807, 2.05) is 0 Å². The Morgan fingerprint density at radius 2 is 2.00 bits per heavy atom. The van der Waals surface area contributed by atoms with Crippen molar-refractivity contribution in [3.63, 3.8) is 0 Å². The molecule has 6 nitrogen and oxygen atoms in total. The summed E-state index contributed by atoms with van der Waals surface area (Å²) in [4.78, 5) is 0.180. The lowest BCUT2D eigenvalue weighted by Crippen LogP contribution is -2.39. The standard InChI is InChI=1S/C13H17N3O3S.ClH/c1-10(9-14)16(2)20(17,18)13-6-4-3-5-11(13)12-7-8-15-19-12;/h3-8,10H,9,14H2,1-2H3;1H. The van der Waals surface area contributed by atoms with Gasteiger partial charge in [0.25, 0.3) is 0 Å². The number of halogens is 1. The molecule has 116 valence electrons. The fourth-order valence-corrected chi connectivity index (χ4v) is 3.36. The third-order valence-electron chi connectivity index (χ3n) is 3.21. The highest BCUT2D eigenvalue weighted by Gasteiger charge is 2.28. The van der Waals surface area contributed by atoms with Crippen LogP contribution in [0.25, 0.3) is 11.3 Å². The maximum Gasteiger partial charge on any atom is 0.243 e. The number of hydrogen-bond acceptors (Lipinski definition) is 5. The van der Waals surface area contributed by atoms with Crippen LogP contribution in [0.15, 0.2) is 45.9 Å². The van der Waals surface area contributed by atoms with Crippen molar-refractivity contribution < 1.29 is 12.9 Å². The van der Waals surface area contributed by atoms with Crippen LogP contribution in [0.4, 0.5) is 0 Å². The summed E-state index contributed by atoms with van der Waals surface area (Å²) in [6.45, 7) is 2.01. The van der Waals surface area contributed by atoms with Crippen molar-refractivity contribution in [3.8, 4) is 11.3 Å². The number of nitrogens with zero attached hydrogens (tertiary/aromatic N) is 2. The maximum atomic E-state index is 12.7. The first-order chi connectivity index (χ1) is 9.48. The number of aromatic nitrogens is 1. The Morgan fingerprint density at radius 3 is 2.57 bits per heavy atom. The molecule has 0 saturated carbocycles. The summed E-state index contributed by atoms with van der Waals surface area (Å²) in [5.41, 5.74) is 6.03. The summed E-state index contributed by atoms with van der Waals surface area (Å²) in [7, 11) is -2.12. The number of likely N-dealkylation sites (N-methyl/N-ethyl adjacent to an activating group) is 1. The van der Waals surface area contributed by atoms with Gasteiger partial charge in [-0.15, -0.1) is 12.4 Å². The van der Waals surface area contributed by atoms with Gasteiger partial charge in [-0.3, -0.25) is 0 Å². The van der Waals surface area contributed by atoms with Gasteiger partial charge in [-0.2, -0.15) is 4.31 Å². The van der Waals surface area contributed by atoms with Crippen molar-refractivity contribution in [1.29, 1.82) is 0 Å². The molecule has 0 aliphatic heterocycles. The highest BCUT2D eigenvalue weighted by atomic mass is 35.5. The van der Waals surface area contributed by atoms with Crippen LogP contribution in [0.2, 0.25) is 0 Å². The molecule has 2 aromatic rings. The summed E-state index contributed by atoms with van der Waals surface area (Å²) in [5, 5.41) is 3.61. The molecule has 21 heavy (non-hydrogen) atoms. The molecular formula is C13H18ClN3O3S. The smallest absolute Gasteiger partial charge is 0.243 e. The Labute approximate surface area is 130 Å². The Bertz CT molecular complexity index is 674. The van der Waals surface area contributed by atoms with Gasteiger partial charge < -0.3 is 10.3 Å². The zero-order valence-electron chi connectivity index (χ0n) is 11.8. The molecule has 1 aromatic heterocycles. The Morgan fingerprint density at radius 1 is 1.33 bits per heavy atom. The second-order valence-electron chi connectivity index (χ2n) is 4.48. The molecule has 0 bridgehead atoms. The molecule has 1 heterocycles. The molecule has 0 saturated heterocycles. The number of rotatable bonds is 5. The molecule has 1 aromatic carbocycles. The lowest BCUT2D eigenvalue weighted by Gasteiger charge is -2.23. The summed E-state index contributed by atoms with van der Waals surface area (Å²) in [5.74, 6) is 0.415. The molecule has 8 heteroatoms. The van der Waals surface area contributed by atoms with Gasteiger partial charge in [0.2, 0.25) is 10.0 Å². The van der Waals surface area contributed by atoms with Gasteiger partial charge >= 0.3 is 0 Å². The third-order valence-corrected chi connectivity index (χ3v) is 5.24. The van der Waals surface area contributed by atoms with Gasteiger partial charge in [-0.25, -0.2) is 8.42 Å². The molecule has 0 radical (unpaired) electrons. The molecular weight excluding hydrogens is 314 g/mol. The number of benzene rings is 1. The van der Waals surface area contributed by atoms with Gasteiger partial charge in [-0.1, -0.05) is 17.3 Å². The summed E-state index contributed by atoms with van der Waals surface area (Å²) >= 11 is 0. The fraction of sp³-hybridized carbons (Fsp3) is 0.308. The SMILES string of the molecule is CC(CN)N(C)S(=O)(=O)c1ccccc1-c1ccno1.Cl. The van der Waals surface area contributed by atoms with E-state index in [0.29, 0.717) is 11.3 Å². The summed E-state index contributed by atoms with van der Waals surface area (Å²) in [6, 6.07) is 8.00. The molecule has 0 fully saturated rings. The lowest BCUT2D eigenvalue weighted by molar-refractivity contribution is 0.394. The van der Waals surface area contributed by atoms with Crippen molar-refractivity contribution in [3.05, 3.63) is 36.5 Å². The second-order valence-corrected chi connectivity index (χ2v) is 6.44. The van der Waals surface area contributed by atoms with Crippen LogP contribution >= 0.6 is 12.4 Å². The summed E-state index contributed by atoms with van der Waals surface area (Å²) < 4.78 is 31.6. The molecule has 0 aliphatic carbocycles. The molecule has 0 amide bonds. The van der Waals surface area contributed by atoms with E-state index in [2.05, 4.69) is 5.16 Å². The van der Waals surface area contributed by atoms with Gasteiger partial charge in [-0.05, 0) is 19.1 Å². The minimum Gasteiger partial charge on any atom is -0.356 e. The van der Waals surface area contributed by atoms with E-state index in [-0.39, 0.29) is 29.9 Å². The van der Waals surface area contributed by atoms with E-state index in [4.69, 9.17) is 10.3 Å². The van der Waals surface area contributed by atoms with Crippen LogP contribution < -0.4 is 5.73 Å². The highest BCUT2D eigenvalue weighted by Crippen LogP contribution is 2.29. The van der Waals surface area contributed by atoms with E-state index in [1.165, 1.54) is 17.5 Å². The fourth-order valence-electron chi connectivity index (χ4n) is 1.79. The monoisotopic (exact) mass is 331 g/mol. The van der Waals surface area contributed by atoms with E-state index < -0.39 is 10.0 Å². The zero-order valence-corrected chi connectivity index (χ0v) is 13.4. The highest BCUT2D eigenvalue weighted by molar-refractivity contribution is 7.89. The van der Waals surface area contributed by atoms with Gasteiger partial charge in [0.15, 0.2) is 5.76 Å². The van der Waals surface area contributed by atoms with Crippen molar-refractivity contribution in [2.24, 2.45) is 5.73 Å². The van der Waals surface area contributed by atoms with E-state index >= 15 is 0 Å². The molecule has 1 atom stereocenters. The molecule has 1 unspecified atom stereocenters. The number of nitrogens with two attached hydrogens (primary N) is 1. The third kappa shape index (κ3) is 3.44. The first kappa shape index (κ1) is 17.6. The van der Waals surface area contributed by atoms with Crippen LogP contribution in [0.1, 0.15) is 6.92 Å². The minimum absolute atomic E-state index is 0. The van der Waals surface area contributed by atoms with Crippen molar-refractivity contribution in [2.45, 2.75) is 17.9 Å². The van der Waals surface area contributed by atoms with E-state index in [1.54, 1.807) is 37.3 Å². The van der Waals surface area contributed by atoms with Crippen molar-refractivity contribution in [1.82, 2.24) is 9.46 Å². The molecule has 0 spiro atoms. The van der Waals surface area contributed by atoms with Crippen LogP contribution in [-0.4, -0.2) is 37.5 Å². The van der Waals surface area contributed by atoms with Crippen LogP contribution in [0.3, 0.4) is 0 Å². The summed E-state index contributed by atoms with van der Waals surface area (Å²) in [6.07, 6.45) is 1.48. The molecule has 2 rings (SSSR count). The van der Waals surface area contributed by atoms with E-state index in [9.17, 15) is 8.42 Å². The maximum absolute atomic E-state index is 12.7. The topological polar surface area (TPSA) is 89.4 Å². The van der Waals surface area contributed by atoms with Crippen LogP contribution in [0.5, 0.6) is 0 Å². The minimum atomic E-state index is -3.64. The van der Waals surface area contributed by atoms with Gasteiger partial charge in [0.1, 0.15) is 0 Å². The Kier molecular flexibility index (Phi) is 5.91. The van der Waals surface area contributed by atoms with Crippen molar-refractivity contribution >= 4 is 22.4 Å². The van der Waals surface area contributed by atoms with Gasteiger partial charge in [0.05, 0.1) is 11.1 Å². The largest absolute Gasteiger partial charge is 0.356 e. The first-order valence-corrected chi connectivity index (χ1v) is 7.60. The number of sulfonamides is 1. The second kappa shape index (κ2) is 7.04. The zero-order chi connectivity index (χ0) is 14.8. The number of hydrogen-bond donors (Lipinski definition) is 1. The average molecular weight is 332 g/mol. The molecule has 0 aliphatic rings. The Balaban J connectivity index is 0.00000220. The van der Waals surface area contributed by atoms with Crippen LogP contribution in [0, 0.1) is 0 Å². The Hall–Kier alpha value is -1.41. The normalized spacial score (nSPS) is 13.0. The van der Waals surface area contributed by atoms with Crippen molar-refractivity contribution in [2.75, 3.05) is 13.6 Å². The van der Waals surface area contributed by atoms with Gasteiger partial charge in [0, 0.05) is 31.3 Å². The molecule has 2 N–H and O–H groups in total. The predicted octanol–water partition coefficient (Wildman–Crippen LogP) is 1.73. The van der Waals surface area contributed by atoms with Crippen LogP contribution in [-0.2, 0) is 10.0 Å². The predicted molar refractivity (Wildman–Crippen MR) is 82.7 cm³/mol. The first-order valence-electron chi connectivity index (χ1n) is 6.16. The van der Waals surface area contributed by atoms with E-state index in [0.717, 1.165) is 0 Å². The quantitative estimate of drug-likeness (QED) is 0.901. The lowest BCUT2D eigenvalue weighted by atomic mass is 10.2. The average Bonchev–Trinajstić information content (AvgIpc) is 2.99.